The first-order valence-electron chi connectivity index (χ1n) is 5.45. The molecule has 16 heavy (non-hydrogen) atoms. The quantitative estimate of drug-likeness (QED) is 0.784. The Balaban J connectivity index is 2.49. The van der Waals surface area contributed by atoms with Gasteiger partial charge in [-0.3, -0.25) is 0 Å². The van der Waals surface area contributed by atoms with E-state index in [4.69, 9.17) is 0 Å². The maximum Gasteiger partial charge on any atom is 0.0677 e. The van der Waals surface area contributed by atoms with E-state index in [9.17, 15) is 0 Å². The average Bonchev–Trinajstić information content (AvgIpc) is 2.70. The van der Waals surface area contributed by atoms with Crippen molar-refractivity contribution >= 4 is 15.9 Å². The number of para-hydroxylation sites is 1. The van der Waals surface area contributed by atoms with Gasteiger partial charge >= 0.3 is 0 Å². The molecule has 0 bridgehead atoms. The van der Waals surface area contributed by atoms with E-state index in [0.29, 0.717) is 0 Å². The molecule has 0 aliphatic heterocycles. The van der Waals surface area contributed by atoms with Gasteiger partial charge in [-0.15, -0.1) is 0 Å². The fourth-order valence-electron chi connectivity index (χ4n) is 1.78. The van der Waals surface area contributed by atoms with E-state index >= 15 is 0 Å². The second-order valence-electron chi connectivity index (χ2n) is 3.80. The fraction of sp³-hybridized carbons (Fsp3) is 0.308. The van der Waals surface area contributed by atoms with Gasteiger partial charge in [-0.2, -0.15) is 5.10 Å². The molecule has 2 nitrogen and oxygen atoms in total. The first-order chi connectivity index (χ1) is 7.76. The lowest BCUT2D eigenvalue weighted by Gasteiger charge is -2.06. The largest absolute Gasteiger partial charge is 0.240 e. The minimum Gasteiger partial charge on any atom is -0.240 e. The summed E-state index contributed by atoms with van der Waals surface area (Å²) in [5, 5.41) is 5.40. The second kappa shape index (κ2) is 4.83. The summed E-state index contributed by atoms with van der Waals surface area (Å²) in [7, 11) is 0. The van der Waals surface area contributed by atoms with Crippen LogP contribution in [0.25, 0.3) is 5.69 Å². The Labute approximate surface area is 104 Å². The maximum absolute atomic E-state index is 4.55. The van der Waals surface area contributed by atoms with Crippen molar-refractivity contribution in [3.05, 3.63) is 47.3 Å². The van der Waals surface area contributed by atoms with Crippen molar-refractivity contribution in [1.29, 1.82) is 0 Å². The molecule has 1 heterocycles. The molecule has 2 aromatic rings. The highest BCUT2D eigenvalue weighted by Crippen LogP contribution is 2.18. The van der Waals surface area contributed by atoms with Gasteiger partial charge in [-0.25, -0.2) is 4.68 Å². The van der Waals surface area contributed by atoms with Crippen LogP contribution < -0.4 is 0 Å². The van der Waals surface area contributed by atoms with Crippen LogP contribution in [0.1, 0.15) is 23.7 Å². The molecule has 0 amide bonds. The van der Waals surface area contributed by atoms with Gasteiger partial charge in [-0.05, 0) is 25.0 Å². The molecule has 0 unspecified atom stereocenters. The Bertz CT molecular complexity index is 488. The van der Waals surface area contributed by atoms with E-state index in [1.165, 1.54) is 16.8 Å². The molecule has 1 aromatic heterocycles. The van der Waals surface area contributed by atoms with Gasteiger partial charge in [0.1, 0.15) is 0 Å². The van der Waals surface area contributed by atoms with Crippen LogP contribution in [-0.4, -0.2) is 9.78 Å². The Morgan fingerprint density at radius 1 is 1.25 bits per heavy atom. The summed E-state index contributed by atoms with van der Waals surface area (Å²) in [6, 6.07) is 8.40. The predicted molar refractivity (Wildman–Crippen MR) is 70.3 cm³/mol. The monoisotopic (exact) mass is 278 g/mol. The number of rotatable bonds is 3. The third-order valence-electron chi connectivity index (χ3n) is 2.76. The molecule has 84 valence electrons. The fourth-order valence-corrected chi connectivity index (χ4v) is 2.33. The van der Waals surface area contributed by atoms with Crippen molar-refractivity contribution in [3.8, 4) is 5.69 Å². The van der Waals surface area contributed by atoms with Crippen LogP contribution in [0.3, 0.4) is 0 Å². The first kappa shape index (κ1) is 11.4. The zero-order valence-electron chi connectivity index (χ0n) is 9.57. The Morgan fingerprint density at radius 2 is 2.00 bits per heavy atom. The second-order valence-corrected chi connectivity index (χ2v) is 4.36. The van der Waals surface area contributed by atoms with Crippen molar-refractivity contribution in [2.24, 2.45) is 0 Å². The molecule has 3 heteroatoms. The minimum atomic E-state index is 0.854. The molecule has 1 aromatic carbocycles. The van der Waals surface area contributed by atoms with Crippen LogP contribution in [0.5, 0.6) is 0 Å². The number of halogens is 1. The number of benzene rings is 1. The summed E-state index contributed by atoms with van der Waals surface area (Å²) in [6.45, 7) is 4.21. The van der Waals surface area contributed by atoms with Gasteiger partial charge in [0.05, 0.1) is 11.4 Å². The first-order valence-corrected chi connectivity index (χ1v) is 6.57. The summed E-state index contributed by atoms with van der Waals surface area (Å²) in [5.74, 6) is 0. The SMILES string of the molecule is CCc1ccccc1-n1cc(CBr)c(C)n1. The highest BCUT2D eigenvalue weighted by atomic mass is 79.9. The zero-order chi connectivity index (χ0) is 11.5. The van der Waals surface area contributed by atoms with Gasteiger partial charge in [-0.1, -0.05) is 41.1 Å². The lowest BCUT2D eigenvalue weighted by atomic mass is 10.1. The third-order valence-corrected chi connectivity index (χ3v) is 3.37. The highest BCUT2D eigenvalue weighted by Gasteiger charge is 2.07. The number of aromatic nitrogens is 2. The molecule has 0 radical (unpaired) electrons. The van der Waals surface area contributed by atoms with Crippen LogP contribution in [-0.2, 0) is 11.8 Å². The van der Waals surface area contributed by atoms with Gasteiger partial charge in [0.2, 0.25) is 0 Å². The van der Waals surface area contributed by atoms with Gasteiger partial charge in [0.15, 0.2) is 0 Å². The van der Waals surface area contributed by atoms with E-state index < -0.39 is 0 Å². The molecule has 0 N–H and O–H groups in total. The molecule has 0 atom stereocenters. The zero-order valence-corrected chi connectivity index (χ0v) is 11.2. The lowest BCUT2D eigenvalue weighted by Crippen LogP contribution is -1.99. The molecule has 2 rings (SSSR count). The van der Waals surface area contributed by atoms with Crippen molar-refractivity contribution in [1.82, 2.24) is 9.78 Å². The Hall–Kier alpha value is -1.09. The summed E-state index contributed by atoms with van der Waals surface area (Å²) in [5.41, 5.74) is 4.83. The number of aryl methyl sites for hydroxylation is 2. The molecule has 0 saturated heterocycles. The van der Waals surface area contributed by atoms with Gasteiger partial charge in [0, 0.05) is 17.1 Å². The van der Waals surface area contributed by atoms with Crippen LogP contribution in [0.4, 0.5) is 0 Å². The van der Waals surface area contributed by atoms with Gasteiger partial charge < -0.3 is 0 Å². The van der Waals surface area contributed by atoms with Crippen molar-refractivity contribution < 1.29 is 0 Å². The number of hydrogen-bond acceptors (Lipinski definition) is 1. The number of nitrogens with zero attached hydrogens (tertiary/aromatic N) is 2. The van der Waals surface area contributed by atoms with E-state index in [0.717, 1.165) is 17.4 Å². The Morgan fingerprint density at radius 3 is 2.62 bits per heavy atom. The molecule has 0 aliphatic rings. The molecular weight excluding hydrogens is 264 g/mol. The van der Waals surface area contributed by atoms with Crippen LogP contribution >= 0.6 is 15.9 Å². The van der Waals surface area contributed by atoms with Crippen LogP contribution in [0, 0.1) is 6.92 Å². The summed E-state index contributed by atoms with van der Waals surface area (Å²) >= 11 is 3.48. The number of hydrogen-bond donors (Lipinski definition) is 0. The summed E-state index contributed by atoms with van der Waals surface area (Å²) < 4.78 is 1.98. The van der Waals surface area contributed by atoms with E-state index in [-0.39, 0.29) is 0 Å². The molecular formula is C13H15BrN2. The van der Waals surface area contributed by atoms with E-state index in [1.54, 1.807) is 0 Å². The molecule has 0 aliphatic carbocycles. The summed E-state index contributed by atoms with van der Waals surface area (Å²) in [4.78, 5) is 0. The third kappa shape index (κ3) is 2.05. The Kier molecular flexibility index (Phi) is 3.44. The topological polar surface area (TPSA) is 17.8 Å². The van der Waals surface area contributed by atoms with Crippen molar-refractivity contribution in [3.63, 3.8) is 0 Å². The lowest BCUT2D eigenvalue weighted by molar-refractivity contribution is 0.847. The van der Waals surface area contributed by atoms with Crippen LogP contribution in [0.15, 0.2) is 30.5 Å². The molecule has 0 saturated carbocycles. The van der Waals surface area contributed by atoms with E-state index in [1.807, 2.05) is 11.6 Å². The standard InChI is InChI=1S/C13H15BrN2/c1-3-11-6-4-5-7-13(11)16-9-12(8-14)10(2)15-16/h4-7,9H,3,8H2,1-2H3. The van der Waals surface area contributed by atoms with Gasteiger partial charge in [0.25, 0.3) is 0 Å². The van der Waals surface area contributed by atoms with Crippen molar-refractivity contribution in [2.45, 2.75) is 25.6 Å². The van der Waals surface area contributed by atoms with Crippen LogP contribution in [0.2, 0.25) is 0 Å². The molecule has 0 fully saturated rings. The average molecular weight is 279 g/mol. The maximum atomic E-state index is 4.55. The smallest absolute Gasteiger partial charge is 0.0677 e. The van der Waals surface area contributed by atoms with E-state index in [2.05, 4.69) is 58.4 Å². The summed E-state index contributed by atoms with van der Waals surface area (Å²) in [6.07, 6.45) is 3.12. The molecule has 0 spiro atoms. The minimum absolute atomic E-state index is 0.854. The normalized spacial score (nSPS) is 10.7. The predicted octanol–water partition coefficient (Wildman–Crippen LogP) is 3.64. The highest BCUT2D eigenvalue weighted by molar-refractivity contribution is 9.08. The number of alkyl halides is 1. The van der Waals surface area contributed by atoms with Crippen molar-refractivity contribution in [2.75, 3.05) is 0 Å².